The van der Waals surface area contributed by atoms with Gasteiger partial charge in [-0.05, 0) is 39.0 Å². The van der Waals surface area contributed by atoms with Crippen molar-refractivity contribution in [1.82, 2.24) is 20.3 Å². The van der Waals surface area contributed by atoms with Crippen molar-refractivity contribution in [3.8, 4) is 11.5 Å². The maximum atomic E-state index is 5.82. The minimum absolute atomic E-state index is 0.0592. The number of nitrogens with one attached hydrogen (secondary N) is 1. The van der Waals surface area contributed by atoms with E-state index >= 15 is 0 Å². The van der Waals surface area contributed by atoms with Crippen LogP contribution in [0.25, 0.3) is 11.5 Å². The molecule has 5 heteroatoms. The van der Waals surface area contributed by atoms with Crippen molar-refractivity contribution in [3.63, 3.8) is 0 Å². The van der Waals surface area contributed by atoms with E-state index in [1.54, 1.807) is 18.5 Å². The third kappa shape index (κ3) is 4.26. The van der Waals surface area contributed by atoms with Crippen LogP contribution in [0.3, 0.4) is 0 Å². The summed E-state index contributed by atoms with van der Waals surface area (Å²) in [6, 6.07) is 5.50. The summed E-state index contributed by atoms with van der Waals surface area (Å²) in [5, 5.41) is 4.00. The van der Waals surface area contributed by atoms with Gasteiger partial charge in [0.1, 0.15) is 5.69 Å². The Morgan fingerprint density at radius 3 is 2.58 bits per heavy atom. The zero-order chi connectivity index (χ0) is 13.9. The van der Waals surface area contributed by atoms with E-state index in [0.717, 1.165) is 11.4 Å². The first kappa shape index (κ1) is 13.9. The minimum atomic E-state index is 0.0592. The Hall–Kier alpha value is -1.52. The maximum Gasteiger partial charge on any atom is 0.178 e. The van der Waals surface area contributed by atoms with Crippen LogP contribution in [0.2, 0.25) is 5.02 Å². The van der Waals surface area contributed by atoms with E-state index < -0.39 is 0 Å². The van der Waals surface area contributed by atoms with E-state index in [-0.39, 0.29) is 5.54 Å². The third-order valence-corrected chi connectivity index (χ3v) is 2.69. The molecule has 1 N–H and O–H groups in total. The highest BCUT2D eigenvalue weighted by atomic mass is 35.5. The van der Waals surface area contributed by atoms with Gasteiger partial charge in [0.05, 0.1) is 10.7 Å². The van der Waals surface area contributed by atoms with Crippen molar-refractivity contribution >= 4 is 11.6 Å². The van der Waals surface area contributed by atoms with Gasteiger partial charge < -0.3 is 5.32 Å². The lowest BCUT2D eigenvalue weighted by Gasteiger charge is -2.20. The minimum Gasteiger partial charge on any atom is -0.306 e. The van der Waals surface area contributed by atoms with Crippen LogP contribution in [0.15, 0.2) is 30.6 Å². The Morgan fingerprint density at radius 1 is 1.16 bits per heavy atom. The fourth-order valence-corrected chi connectivity index (χ4v) is 1.59. The van der Waals surface area contributed by atoms with Gasteiger partial charge in [0.15, 0.2) is 5.82 Å². The van der Waals surface area contributed by atoms with Crippen molar-refractivity contribution in [2.24, 2.45) is 0 Å². The normalized spacial score (nSPS) is 11.6. The number of hydrogen-bond donors (Lipinski definition) is 1. The smallest absolute Gasteiger partial charge is 0.178 e. The van der Waals surface area contributed by atoms with Gasteiger partial charge in [-0.15, -0.1) is 0 Å². The van der Waals surface area contributed by atoms with E-state index in [1.165, 1.54) is 0 Å². The molecule has 0 spiro atoms. The van der Waals surface area contributed by atoms with E-state index in [9.17, 15) is 0 Å². The van der Waals surface area contributed by atoms with Crippen LogP contribution in [0, 0.1) is 0 Å². The first-order valence-electron chi connectivity index (χ1n) is 6.13. The number of pyridine rings is 1. The molecule has 4 nitrogen and oxygen atoms in total. The van der Waals surface area contributed by atoms with Crippen molar-refractivity contribution in [2.75, 3.05) is 0 Å². The lowest BCUT2D eigenvalue weighted by Crippen LogP contribution is -2.35. The van der Waals surface area contributed by atoms with Gasteiger partial charge in [0.25, 0.3) is 0 Å². The summed E-state index contributed by atoms with van der Waals surface area (Å²) in [4.78, 5) is 13.0. The van der Waals surface area contributed by atoms with Crippen LogP contribution in [0.1, 0.15) is 26.5 Å². The molecule has 19 heavy (non-hydrogen) atoms. The number of halogens is 1. The molecule has 0 aliphatic heterocycles. The van der Waals surface area contributed by atoms with Crippen LogP contribution < -0.4 is 5.32 Å². The predicted molar refractivity (Wildman–Crippen MR) is 76.9 cm³/mol. The first-order chi connectivity index (χ1) is 8.94. The molecule has 2 aromatic heterocycles. The Morgan fingerprint density at radius 2 is 1.95 bits per heavy atom. The van der Waals surface area contributed by atoms with Gasteiger partial charge >= 0.3 is 0 Å². The summed E-state index contributed by atoms with van der Waals surface area (Å²) >= 11 is 5.82. The van der Waals surface area contributed by atoms with Gasteiger partial charge in [-0.2, -0.15) is 0 Å². The predicted octanol–water partition coefficient (Wildman–Crippen LogP) is 3.08. The quantitative estimate of drug-likeness (QED) is 0.936. The molecule has 0 saturated heterocycles. The highest BCUT2D eigenvalue weighted by Gasteiger charge is 2.10. The molecule has 2 rings (SSSR count). The standard InChI is InChI=1S/C14H17ClN4/c1-14(2,3)18-9-11-6-7-16-13(19-11)12-5-4-10(15)8-17-12/h4-8,18H,9H2,1-3H3. The van der Waals surface area contributed by atoms with Gasteiger partial charge in [-0.1, -0.05) is 11.6 Å². The van der Waals surface area contributed by atoms with Crippen LogP contribution in [0.4, 0.5) is 0 Å². The topological polar surface area (TPSA) is 50.7 Å². The Balaban J connectivity index is 2.17. The highest BCUT2D eigenvalue weighted by Crippen LogP contribution is 2.14. The molecule has 2 heterocycles. The average molecular weight is 277 g/mol. The number of aromatic nitrogens is 3. The van der Waals surface area contributed by atoms with Gasteiger partial charge in [0, 0.05) is 24.5 Å². The molecule has 0 aromatic carbocycles. The van der Waals surface area contributed by atoms with Crippen molar-refractivity contribution in [1.29, 1.82) is 0 Å². The van der Waals surface area contributed by atoms with E-state index in [1.807, 2.05) is 12.1 Å². The summed E-state index contributed by atoms with van der Waals surface area (Å²) in [5.74, 6) is 0.616. The summed E-state index contributed by atoms with van der Waals surface area (Å²) < 4.78 is 0. The molecule has 100 valence electrons. The van der Waals surface area contributed by atoms with Crippen LogP contribution in [-0.2, 0) is 6.54 Å². The highest BCUT2D eigenvalue weighted by molar-refractivity contribution is 6.30. The molecule has 0 aliphatic rings. The molecule has 0 radical (unpaired) electrons. The van der Waals surface area contributed by atoms with E-state index in [0.29, 0.717) is 17.4 Å². The molecule has 0 bridgehead atoms. The molecule has 0 atom stereocenters. The molecule has 0 fully saturated rings. The monoisotopic (exact) mass is 276 g/mol. The molecule has 0 amide bonds. The lowest BCUT2D eigenvalue weighted by atomic mass is 10.1. The molecule has 0 saturated carbocycles. The Bertz CT molecular complexity index is 546. The zero-order valence-electron chi connectivity index (χ0n) is 11.3. The second kappa shape index (κ2) is 5.63. The van der Waals surface area contributed by atoms with Crippen LogP contribution >= 0.6 is 11.6 Å². The fraction of sp³-hybridized carbons (Fsp3) is 0.357. The Kier molecular flexibility index (Phi) is 4.12. The Labute approximate surface area is 118 Å². The second-order valence-electron chi connectivity index (χ2n) is 5.34. The lowest BCUT2D eigenvalue weighted by molar-refractivity contribution is 0.421. The largest absolute Gasteiger partial charge is 0.306 e. The number of nitrogens with zero attached hydrogens (tertiary/aromatic N) is 3. The van der Waals surface area contributed by atoms with Crippen molar-refractivity contribution in [2.45, 2.75) is 32.9 Å². The average Bonchev–Trinajstić information content (AvgIpc) is 2.37. The van der Waals surface area contributed by atoms with E-state index in [2.05, 4.69) is 41.0 Å². The van der Waals surface area contributed by atoms with Gasteiger partial charge in [-0.25, -0.2) is 9.97 Å². The molecular formula is C14H17ClN4. The molecule has 0 aliphatic carbocycles. The number of rotatable bonds is 3. The van der Waals surface area contributed by atoms with Crippen LogP contribution in [-0.4, -0.2) is 20.5 Å². The fourth-order valence-electron chi connectivity index (χ4n) is 1.48. The van der Waals surface area contributed by atoms with Crippen LogP contribution in [0.5, 0.6) is 0 Å². The molecule has 0 unspecified atom stereocenters. The summed E-state index contributed by atoms with van der Waals surface area (Å²) in [7, 11) is 0. The molecule has 2 aromatic rings. The SMILES string of the molecule is CC(C)(C)NCc1ccnc(-c2ccc(Cl)cn2)n1. The van der Waals surface area contributed by atoms with Crippen molar-refractivity contribution < 1.29 is 0 Å². The van der Waals surface area contributed by atoms with Gasteiger partial charge in [0.2, 0.25) is 0 Å². The number of hydrogen-bond acceptors (Lipinski definition) is 4. The van der Waals surface area contributed by atoms with Gasteiger partial charge in [-0.3, -0.25) is 4.98 Å². The maximum absolute atomic E-state index is 5.82. The third-order valence-electron chi connectivity index (χ3n) is 2.47. The summed E-state index contributed by atoms with van der Waals surface area (Å²) in [6.07, 6.45) is 3.35. The first-order valence-corrected chi connectivity index (χ1v) is 6.51. The summed E-state index contributed by atoms with van der Waals surface area (Å²) in [6.45, 7) is 7.06. The second-order valence-corrected chi connectivity index (χ2v) is 5.77. The molecular weight excluding hydrogens is 260 g/mol. The van der Waals surface area contributed by atoms with Crippen molar-refractivity contribution in [3.05, 3.63) is 41.3 Å². The summed E-state index contributed by atoms with van der Waals surface area (Å²) in [5.41, 5.74) is 1.72. The zero-order valence-corrected chi connectivity index (χ0v) is 12.1. The van der Waals surface area contributed by atoms with E-state index in [4.69, 9.17) is 11.6 Å².